The van der Waals surface area contributed by atoms with E-state index in [-0.39, 0.29) is 12.3 Å². The fourth-order valence-corrected chi connectivity index (χ4v) is 3.23. The average Bonchev–Trinajstić information content (AvgIpc) is 3.41. The van der Waals surface area contributed by atoms with Crippen LogP contribution in [0.3, 0.4) is 0 Å². The van der Waals surface area contributed by atoms with Crippen LogP contribution in [0.25, 0.3) is 11.5 Å². The lowest BCUT2D eigenvalue weighted by Gasteiger charge is -2.14. The van der Waals surface area contributed by atoms with Gasteiger partial charge in [0, 0.05) is 30.3 Å². The highest BCUT2D eigenvalue weighted by Gasteiger charge is 2.14. The maximum Gasteiger partial charge on any atom is 0.248 e. The summed E-state index contributed by atoms with van der Waals surface area (Å²) < 4.78 is 21.5. The van der Waals surface area contributed by atoms with E-state index in [0.29, 0.717) is 42.0 Å². The van der Waals surface area contributed by atoms with Gasteiger partial charge in [-0.05, 0) is 29.1 Å². The van der Waals surface area contributed by atoms with Crippen molar-refractivity contribution in [3.63, 3.8) is 0 Å². The van der Waals surface area contributed by atoms with Gasteiger partial charge < -0.3 is 23.9 Å². The third kappa shape index (κ3) is 4.61. The summed E-state index contributed by atoms with van der Waals surface area (Å²) in [5, 5.41) is 14.7. The van der Waals surface area contributed by atoms with Gasteiger partial charge in [0.25, 0.3) is 0 Å². The number of aryl methyl sites for hydroxylation is 1. The second-order valence-corrected chi connectivity index (χ2v) is 6.60. The van der Waals surface area contributed by atoms with Gasteiger partial charge in [-0.1, -0.05) is 0 Å². The Hall–Kier alpha value is -3.07. The summed E-state index contributed by atoms with van der Waals surface area (Å²) >= 11 is 1.56. The van der Waals surface area contributed by atoms with Crippen molar-refractivity contribution in [2.24, 2.45) is 0 Å². The number of thiophene rings is 1. The van der Waals surface area contributed by atoms with E-state index >= 15 is 0 Å². The molecule has 0 atom stereocenters. The number of methoxy groups -OCH3 is 3. The van der Waals surface area contributed by atoms with Crippen molar-refractivity contribution < 1.29 is 23.4 Å². The Labute approximate surface area is 166 Å². The first-order valence-electron chi connectivity index (χ1n) is 8.55. The van der Waals surface area contributed by atoms with E-state index in [2.05, 4.69) is 15.5 Å². The smallest absolute Gasteiger partial charge is 0.248 e. The number of ether oxygens (including phenoxy) is 3. The Morgan fingerprint density at radius 2 is 1.89 bits per heavy atom. The molecular weight excluding hydrogens is 382 g/mol. The predicted octanol–water partition coefficient (Wildman–Crippen LogP) is 3.07. The van der Waals surface area contributed by atoms with Crippen LogP contribution in [0.1, 0.15) is 17.9 Å². The highest BCUT2D eigenvalue weighted by atomic mass is 32.1. The van der Waals surface area contributed by atoms with Crippen LogP contribution >= 0.6 is 11.3 Å². The second-order valence-electron chi connectivity index (χ2n) is 5.82. The highest BCUT2D eigenvalue weighted by Crippen LogP contribution is 2.38. The van der Waals surface area contributed by atoms with E-state index in [0.717, 1.165) is 11.1 Å². The molecule has 0 aliphatic heterocycles. The molecule has 1 amide bonds. The summed E-state index contributed by atoms with van der Waals surface area (Å²) in [6, 6.07) is 5.51. The van der Waals surface area contributed by atoms with Crippen LogP contribution in [0.5, 0.6) is 17.2 Å². The fraction of sp³-hybridized carbons (Fsp3) is 0.316. The predicted molar refractivity (Wildman–Crippen MR) is 104 cm³/mol. The number of carbonyl (C=O) groups excluding carboxylic acids is 1. The van der Waals surface area contributed by atoms with Crippen LogP contribution in [0, 0.1) is 0 Å². The molecule has 1 N–H and O–H groups in total. The number of hydrogen-bond acceptors (Lipinski definition) is 8. The summed E-state index contributed by atoms with van der Waals surface area (Å²) in [6.45, 7) is 0.333. The van der Waals surface area contributed by atoms with Crippen LogP contribution in [-0.2, 0) is 17.8 Å². The summed E-state index contributed by atoms with van der Waals surface area (Å²) in [7, 11) is 4.64. The first kappa shape index (κ1) is 19.7. The molecule has 0 unspecified atom stereocenters. The molecule has 28 heavy (non-hydrogen) atoms. The molecule has 0 aliphatic rings. The second kappa shape index (κ2) is 9.23. The molecule has 8 nitrogen and oxygen atoms in total. The summed E-state index contributed by atoms with van der Waals surface area (Å²) in [5.74, 6) is 2.37. The molecule has 1 aromatic carbocycles. The van der Waals surface area contributed by atoms with Gasteiger partial charge in [0.2, 0.25) is 23.4 Å². The normalized spacial score (nSPS) is 10.5. The largest absolute Gasteiger partial charge is 0.493 e. The number of carbonyl (C=O) groups is 1. The highest BCUT2D eigenvalue weighted by molar-refractivity contribution is 7.08. The summed E-state index contributed by atoms with van der Waals surface area (Å²) in [6.07, 6.45) is 0.619. The lowest BCUT2D eigenvalue weighted by Crippen LogP contribution is -2.23. The van der Waals surface area contributed by atoms with Gasteiger partial charge in [0.15, 0.2) is 11.5 Å². The molecule has 0 aliphatic carbocycles. The molecule has 0 bridgehead atoms. The Balaban J connectivity index is 1.54. The molecule has 0 fully saturated rings. The number of nitrogens with zero attached hydrogens (tertiary/aromatic N) is 2. The number of hydrogen-bond donors (Lipinski definition) is 1. The van der Waals surface area contributed by atoms with Crippen molar-refractivity contribution in [2.75, 3.05) is 21.3 Å². The minimum absolute atomic E-state index is 0.121. The van der Waals surface area contributed by atoms with Crippen LogP contribution in [0.2, 0.25) is 0 Å². The van der Waals surface area contributed by atoms with E-state index in [1.807, 2.05) is 16.8 Å². The van der Waals surface area contributed by atoms with Crippen molar-refractivity contribution in [1.82, 2.24) is 15.5 Å². The Bertz CT molecular complexity index is 899. The number of benzene rings is 1. The van der Waals surface area contributed by atoms with Gasteiger partial charge in [-0.15, -0.1) is 10.2 Å². The van der Waals surface area contributed by atoms with E-state index in [1.54, 1.807) is 44.8 Å². The Morgan fingerprint density at radius 1 is 1.14 bits per heavy atom. The first-order chi connectivity index (χ1) is 13.6. The minimum Gasteiger partial charge on any atom is -0.493 e. The van der Waals surface area contributed by atoms with E-state index < -0.39 is 0 Å². The van der Waals surface area contributed by atoms with E-state index in [1.165, 1.54) is 0 Å². The van der Waals surface area contributed by atoms with Gasteiger partial charge in [-0.3, -0.25) is 4.79 Å². The first-order valence-corrected chi connectivity index (χ1v) is 9.49. The van der Waals surface area contributed by atoms with Crippen molar-refractivity contribution in [2.45, 2.75) is 19.4 Å². The van der Waals surface area contributed by atoms with Gasteiger partial charge in [-0.25, -0.2) is 0 Å². The number of nitrogens with one attached hydrogen (secondary N) is 1. The molecule has 0 radical (unpaired) electrons. The molecule has 3 rings (SSSR count). The third-order valence-corrected chi connectivity index (χ3v) is 4.70. The minimum atomic E-state index is -0.121. The standard InChI is InChI=1S/C19H21N3O5S/c1-24-14-8-12(9-15(25-2)18(14)26-3)10-20-16(23)4-5-17-21-22-19(27-17)13-6-7-28-11-13/h6-9,11H,4-5,10H2,1-3H3,(H,20,23). The Kier molecular flexibility index (Phi) is 6.49. The van der Waals surface area contributed by atoms with E-state index in [4.69, 9.17) is 18.6 Å². The molecule has 9 heteroatoms. The van der Waals surface area contributed by atoms with Crippen LogP contribution in [-0.4, -0.2) is 37.4 Å². The quantitative estimate of drug-likeness (QED) is 0.586. The number of aromatic nitrogens is 2. The molecule has 148 valence electrons. The van der Waals surface area contributed by atoms with Gasteiger partial charge >= 0.3 is 0 Å². The zero-order valence-corrected chi connectivity index (χ0v) is 16.7. The SMILES string of the molecule is COc1cc(CNC(=O)CCc2nnc(-c3ccsc3)o2)cc(OC)c1OC. The summed E-state index contributed by atoms with van der Waals surface area (Å²) in [5.41, 5.74) is 1.72. The maximum absolute atomic E-state index is 12.2. The average molecular weight is 403 g/mol. The maximum atomic E-state index is 12.2. The van der Waals surface area contributed by atoms with Crippen molar-refractivity contribution in [3.8, 4) is 28.7 Å². The van der Waals surface area contributed by atoms with Gasteiger partial charge in [0.05, 0.1) is 21.3 Å². The summed E-state index contributed by atoms with van der Waals surface area (Å²) in [4.78, 5) is 12.2. The molecule has 0 saturated heterocycles. The lowest BCUT2D eigenvalue weighted by atomic mass is 10.1. The molecule has 2 heterocycles. The third-order valence-electron chi connectivity index (χ3n) is 4.02. The zero-order chi connectivity index (χ0) is 19.9. The van der Waals surface area contributed by atoms with Crippen LogP contribution in [0.15, 0.2) is 33.4 Å². The fourth-order valence-electron chi connectivity index (χ4n) is 2.60. The van der Waals surface area contributed by atoms with Gasteiger partial charge in [0.1, 0.15) is 0 Å². The molecule has 0 saturated carbocycles. The Morgan fingerprint density at radius 3 is 2.50 bits per heavy atom. The van der Waals surface area contributed by atoms with Crippen LogP contribution in [0.4, 0.5) is 0 Å². The monoisotopic (exact) mass is 403 g/mol. The van der Waals surface area contributed by atoms with Crippen LogP contribution < -0.4 is 19.5 Å². The molecule has 0 spiro atoms. The lowest BCUT2D eigenvalue weighted by molar-refractivity contribution is -0.121. The van der Waals surface area contributed by atoms with Gasteiger partial charge in [-0.2, -0.15) is 11.3 Å². The molecular formula is C19H21N3O5S. The number of amides is 1. The molecule has 3 aromatic rings. The number of rotatable bonds is 9. The van der Waals surface area contributed by atoms with Crippen molar-refractivity contribution in [1.29, 1.82) is 0 Å². The van der Waals surface area contributed by atoms with Crippen molar-refractivity contribution >= 4 is 17.2 Å². The zero-order valence-electron chi connectivity index (χ0n) is 15.9. The van der Waals surface area contributed by atoms with Crippen molar-refractivity contribution in [3.05, 3.63) is 40.4 Å². The molecule has 2 aromatic heterocycles. The van der Waals surface area contributed by atoms with E-state index in [9.17, 15) is 4.79 Å². The topological polar surface area (TPSA) is 95.7 Å².